The first-order valence-corrected chi connectivity index (χ1v) is 18.9. The number of fused-ring (bicyclic) bond motifs is 7. The number of rotatable bonds is 7. The van der Waals surface area contributed by atoms with E-state index in [1.54, 1.807) is 0 Å². The maximum absolute atomic E-state index is 4.65. The van der Waals surface area contributed by atoms with Crippen molar-refractivity contribution in [2.24, 2.45) is 0 Å². The van der Waals surface area contributed by atoms with Crippen molar-refractivity contribution in [3.8, 4) is 22.5 Å². The SMILES string of the molecule is CC(C)c1cc(-c2cc3c4ccccc4n4c5ccccc5c(c2)c34)cc(C(C)C)c1-n1[c-][n+](-c2c(C(C)C)cccc2C(C)C)c2cnccc21. The molecule has 5 aromatic carbocycles. The van der Waals surface area contributed by atoms with Gasteiger partial charge in [-0.1, -0.05) is 122 Å². The van der Waals surface area contributed by atoms with E-state index in [0.29, 0.717) is 11.8 Å². The monoisotopic (exact) mass is 678 g/mol. The minimum Gasteiger partial charge on any atom is -0.308 e. The Morgan fingerprint density at radius 2 is 1.06 bits per heavy atom. The minimum absolute atomic E-state index is 0.282. The van der Waals surface area contributed by atoms with Crippen LogP contribution in [0.3, 0.4) is 0 Å². The third-order valence-corrected chi connectivity index (χ3v) is 11.2. The molecule has 4 aromatic heterocycles. The van der Waals surface area contributed by atoms with Crippen LogP contribution < -0.4 is 4.57 Å². The van der Waals surface area contributed by atoms with Crippen LogP contribution in [0, 0.1) is 6.33 Å². The molecule has 0 saturated carbocycles. The van der Waals surface area contributed by atoms with Gasteiger partial charge in [0.2, 0.25) is 0 Å². The molecule has 0 aliphatic carbocycles. The average molecular weight is 679 g/mol. The summed E-state index contributed by atoms with van der Waals surface area (Å²) in [4.78, 5) is 4.65. The van der Waals surface area contributed by atoms with Gasteiger partial charge >= 0.3 is 0 Å². The molecule has 4 nitrogen and oxygen atoms in total. The summed E-state index contributed by atoms with van der Waals surface area (Å²) < 4.78 is 7.08. The topological polar surface area (TPSA) is 26.1 Å². The van der Waals surface area contributed by atoms with E-state index in [4.69, 9.17) is 0 Å². The number of pyridine rings is 1. The van der Waals surface area contributed by atoms with Crippen molar-refractivity contribution >= 4 is 49.1 Å². The molecule has 0 bridgehead atoms. The van der Waals surface area contributed by atoms with E-state index in [1.165, 1.54) is 82.9 Å². The number of benzene rings is 5. The number of nitrogens with zero attached hydrogens (tertiary/aromatic N) is 4. The van der Waals surface area contributed by atoms with Crippen LogP contribution >= 0.6 is 0 Å². The molecule has 0 aliphatic heterocycles. The molecule has 258 valence electrons. The van der Waals surface area contributed by atoms with Crippen LogP contribution in [-0.4, -0.2) is 14.0 Å². The Labute approximate surface area is 306 Å². The van der Waals surface area contributed by atoms with Crippen molar-refractivity contribution in [1.29, 1.82) is 0 Å². The molecule has 0 spiro atoms. The molecule has 0 unspecified atom stereocenters. The summed E-state index contributed by atoms with van der Waals surface area (Å²) in [5.41, 5.74) is 16.3. The highest BCUT2D eigenvalue weighted by Crippen LogP contribution is 2.44. The fraction of sp³-hybridized carbons (Fsp3) is 0.250. The summed E-state index contributed by atoms with van der Waals surface area (Å²) in [6.07, 6.45) is 7.85. The third-order valence-electron chi connectivity index (χ3n) is 11.2. The maximum Gasteiger partial charge on any atom is 0.269 e. The van der Waals surface area contributed by atoms with Gasteiger partial charge in [-0.05, 0) is 87.4 Å². The van der Waals surface area contributed by atoms with Crippen LogP contribution in [0.4, 0.5) is 0 Å². The Morgan fingerprint density at radius 1 is 0.538 bits per heavy atom. The average Bonchev–Trinajstić information content (AvgIpc) is 3.81. The number of hydrogen-bond donors (Lipinski definition) is 0. The summed E-state index contributed by atoms with van der Waals surface area (Å²) in [6.45, 7) is 18.4. The number of para-hydroxylation sites is 3. The molecule has 0 fully saturated rings. The molecule has 9 rings (SSSR count). The third kappa shape index (κ3) is 4.73. The van der Waals surface area contributed by atoms with E-state index >= 15 is 0 Å². The van der Waals surface area contributed by atoms with Crippen molar-refractivity contribution in [1.82, 2.24) is 14.0 Å². The van der Waals surface area contributed by atoms with Crippen molar-refractivity contribution in [2.75, 3.05) is 0 Å². The van der Waals surface area contributed by atoms with Crippen molar-refractivity contribution in [3.63, 3.8) is 0 Å². The standard InChI is InChI=1S/C48H46N4/c1-28(2)34-16-13-17-35(29(3)4)46(34)51-27-50(44-20-21-49-26-45(44)51)47-38(30(5)6)22-32(23-39(47)31(7)8)33-24-40-36-14-9-11-18-42(36)52-43-19-12-10-15-37(43)41(25-33)48(40)52/h9-26,28-31H,1-8H3. The maximum atomic E-state index is 4.65. The highest BCUT2D eigenvalue weighted by molar-refractivity contribution is 6.24. The van der Waals surface area contributed by atoms with E-state index in [1.807, 2.05) is 12.4 Å². The molecular weight excluding hydrogens is 633 g/mol. The molecule has 0 radical (unpaired) electrons. The molecule has 52 heavy (non-hydrogen) atoms. The zero-order chi connectivity index (χ0) is 36.0. The second kappa shape index (κ2) is 12.1. The van der Waals surface area contributed by atoms with Crippen LogP contribution in [0.15, 0.2) is 109 Å². The lowest BCUT2D eigenvalue weighted by Crippen LogP contribution is -2.33. The number of imidazole rings is 1. The molecule has 0 atom stereocenters. The van der Waals surface area contributed by atoms with Gasteiger partial charge in [-0.25, -0.2) is 0 Å². The number of aromatic nitrogens is 4. The van der Waals surface area contributed by atoms with Crippen molar-refractivity contribution in [3.05, 3.63) is 138 Å². The lowest BCUT2D eigenvalue weighted by molar-refractivity contribution is -0.573. The van der Waals surface area contributed by atoms with Gasteiger partial charge in [0.15, 0.2) is 0 Å². The summed E-state index contributed by atoms with van der Waals surface area (Å²) in [6, 6.07) is 36.4. The Morgan fingerprint density at radius 3 is 1.60 bits per heavy atom. The minimum atomic E-state index is 0.282. The quantitative estimate of drug-likeness (QED) is 0.122. The Kier molecular flexibility index (Phi) is 7.52. The first kappa shape index (κ1) is 32.4. The Hall–Kier alpha value is -5.48. The second-order valence-corrected chi connectivity index (χ2v) is 15.8. The molecular formula is C48H46N4. The lowest BCUT2D eigenvalue weighted by atomic mass is 9.87. The molecule has 9 aromatic rings. The first-order chi connectivity index (χ1) is 25.1. The van der Waals surface area contributed by atoms with E-state index in [0.717, 1.165) is 11.0 Å². The van der Waals surface area contributed by atoms with Gasteiger partial charge in [-0.3, -0.25) is 14.1 Å². The van der Waals surface area contributed by atoms with Gasteiger partial charge in [0.1, 0.15) is 0 Å². The first-order valence-electron chi connectivity index (χ1n) is 18.9. The smallest absolute Gasteiger partial charge is 0.269 e. The Bertz CT molecular complexity index is 2670. The molecule has 0 amide bonds. The molecule has 0 N–H and O–H groups in total. The molecule has 4 heteroatoms. The highest BCUT2D eigenvalue weighted by atomic mass is 15.2. The summed E-state index contributed by atoms with van der Waals surface area (Å²) >= 11 is 0. The summed E-state index contributed by atoms with van der Waals surface area (Å²) in [5, 5.41) is 5.22. The molecule has 0 saturated heterocycles. The van der Waals surface area contributed by atoms with Crippen LogP contribution in [0.25, 0.3) is 71.6 Å². The van der Waals surface area contributed by atoms with Gasteiger partial charge in [0.05, 0.1) is 39.0 Å². The van der Waals surface area contributed by atoms with Crippen molar-refractivity contribution < 1.29 is 4.57 Å². The van der Waals surface area contributed by atoms with E-state index in [2.05, 4.69) is 177 Å². The van der Waals surface area contributed by atoms with Crippen LogP contribution in [0.5, 0.6) is 0 Å². The van der Waals surface area contributed by atoms with E-state index in [-0.39, 0.29) is 11.8 Å². The largest absolute Gasteiger partial charge is 0.308 e. The van der Waals surface area contributed by atoms with Gasteiger partial charge in [0, 0.05) is 33.9 Å². The zero-order valence-corrected chi connectivity index (χ0v) is 31.5. The van der Waals surface area contributed by atoms with Crippen LogP contribution in [0.2, 0.25) is 0 Å². The summed E-state index contributed by atoms with van der Waals surface area (Å²) in [5.74, 6) is 1.29. The van der Waals surface area contributed by atoms with E-state index < -0.39 is 0 Å². The Balaban J connectivity index is 1.33. The van der Waals surface area contributed by atoms with Gasteiger partial charge < -0.3 is 4.40 Å². The zero-order valence-electron chi connectivity index (χ0n) is 31.5. The van der Waals surface area contributed by atoms with Gasteiger partial charge in [-0.2, -0.15) is 0 Å². The highest BCUT2D eigenvalue weighted by Gasteiger charge is 2.25. The van der Waals surface area contributed by atoms with Crippen LogP contribution in [0.1, 0.15) is 101 Å². The fourth-order valence-corrected chi connectivity index (χ4v) is 8.66. The lowest BCUT2D eigenvalue weighted by Gasteiger charge is -2.23. The second-order valence-electron chi connectivity index (χ2n) is 15.8. The molecule has 4 heterocycles. The fourth-order valence-electron chi connectivity index (χ4n) is 8.66. The van der Waals surface area contributed by atoms with E-state index in [9.17, 15) is 0 Å². The predicted octanol–water partition coefficient (Wildman–Crippen LogP) is 12.4. The van der Waals surface area contributed by atoms with Crippen LogP contribution in [-0.2, 0) is 0 Å². The normalized spacial score (nSPS) is 12.5. The van der Waals surface area contributed by atoms with Gasteiger partial charge in [-0.15, -0.1) is 0 Å². The number of hydrogen-bond acceptors (Lipinski definition) is 1. The predicted molar refractivity (Wildman–Crippen MR) is 218 cm³/mol. The molecule has 0 aliphatic rings. The van der Waals surface area contributed by atoms with Crippen molar-refractivity contribution in [2.45, 2.75) is 79.1 Å². The summed E-state index contributed by atoms with van der Waals surface area (Å²) in [7, 11) is 0. The van der Waals surface area contributed by atoms with Gasteiger partial charge in [0.25, 0.3) is 6.33 Å².